The van der Waals surface area contributed by atoms with Crippen LogP contribution in [0.25, 0.3) is 17.0 Å². The first kappa shape index (κ1) is 31.1. The van der Waals surface area contributed by atoms with Gasteiger partial charge in [-0.2, -0.15) is 0 Å². The van der Waals surface area contributed by atoms with Crippen molar-refractivity contribution in [3.63, 3.8) is 0 Å². The maximum absolute atomic E-state index is 13.5. The molecule has 0 unspecified atom stereocenters. The molecule has 2 heterocycles. The fourth-order valence-corrected chi connectivity index (χ4v) is 5.26. The Hall–Kier alpha value is -4.31. The lowest BCUT2D eigenvalue weighted by molar-refractivity contribution is -0.138. The predicted octanol–water partition coefficient (Wildman–Crippen LogP) is 4.40. The van der Waals surface area contributed by atoms with Gasteiger partial charge in [-0.25, -0.2) is 9.37 Å². The van der Waals surface area contributed by atoms with Crippen molar-refractivity contribution in [2.45, 2.75) is 58.2 Å². The van der Waals surface area contributed by atoms with Gasteiger partial charge in [0.15, 0.2) is 0 Å². The molecule has 2 fully saturated rings. The van der Waals surface area contributed by atoms with Gasteiger partial charge in [0.2, 0.25) is 11.8 Å². The Balaban J connectivity index is 1.24. The van der Waals surface area contributed by atoms with Gasteiger partial charge in [-0.05, 0) is 79.1 Å². The SMILES string of the molecule is CC(C)COc1ccc(/C=C/C2CC2)c([C@H](C)NC(=O)[C@@H]2C[C@@H](O)CN2C(=O)CNC(=O)c2ccc3cc(F)ccc3n2)c1. The maximum Gasteiger partial charge on any atom is 0.270 e. The van der Waals surface area contributed by atoms with Crippen LogP contribution in [0.4, 0.5) is 4.39 Å². The van der Waals surface area contributed by atoms with Crippen LogP contribution in [0.1, 0.15) is 67.7 Å². The number of aromatic nitrogens is 1. The van der Waals surface area contributed by atoms with Crippen molar-refractivity contribution in [3.8, 4) is 5.75 Å². The average Bonchev–Trinajstić information content (AvgIpc) is 3.75. The maximum atomic E-state index is 13.5. The molecular weight excluding hydrogens is 563 g/mol. The fourth-order valence-electron chi connectivity index (χ4n) is 5.26. The fraction of sp³-hybridized carbons (Fsp3) is 0.412. The lowest BCUT2D eigenvalue weighted by Crippen LogP contribution is -2.49. The number of hydrogen-bond donors (Lipinski definition) is 3. The van der Waals surface area contributed by atoms with E-state index >= 15 is 0 Å². The highest BCUT2D eigenvalue weighted by Crippen LogP contribution is 2.32. The highest BCUT2D eigenvalue weighted by atomic mass is 19.1. The Morgan fingerprint density at radius 1 is 1.11 bits per heavy atom. The Morgan fingerprint density at radius 2 is 1.91 bits per heavy atom. The van der Waals surface area contributed by atoms with Crippen LogP contribution in [0.2, 0.25) is 0 Å². The molecular formula is C34H39FN4O5. The number of pyridine rings is 1. The lowest BCUT2D eigenvalue weighted by Gasteiger charge is -2.26. The van der Waals surface area contributed by atoms with Crippen molar-refractivity contribution < 1.29 is 28.6 Å². The summed E-state index contributed by atoms with van der Waals surface area (Å²) in [6.45, 7) is 6.22. The molecule has 10 heteroatoms. The minimum atomic E-state index is -0.892. The second-order valence-corrected chi connectivity index (χ2v) is 12.1. The number of rotatable bonds is 11. The quantitative estimate of drug-likeness (QED) is 0.299. The second-order valence-electron chi connectivity index (χ2n) is 12.1. The molecule has 44 heavy (non-hydrogen) atoms. The van der Waals surface area contributed by atoms with Gasteiger partial charge in [-0.15, -0.1) is 0 Å². The summed E-state index contributed by atoms with van der Waals surface area (Å²) in [6, 6.07) is 11.7. The average molecular weight is 603 g/mol. The van der Waals surface area contributed by atoms with Crippen LogP contribution >= 0.6 is 0 Å². The third kappa shape index (κ3) is 7.79. The number of fused-ring (bicyclic) bond motifs is 1. The summed E-state index contributed by atoms with van der Waals surface area (Å²) in [5, 5.41) is 16.5. The van der Waals surface area contributed by atoms with Gasteiger partial charge in [-0.1, -0.05) is 38.1 Å². The molecule has 3 N–H and O–H groups in total. The van der Waals surface area contributed by atoms with E-state index in [2.05, 4.69) is 41.6 Å². The minimum absolute atomic E-state index is 0.0190. The largest absolute Gasteiger partial charge is 0.493 e. The monoisotopic (exact) mass is 602 g/mol. The molecule has 2 aliphatic rings. The number of halogens is 1. The number of aliphatic hydroxyl groups is 1. The minimum Gasteiger partial charge on any atom is -0.493 e. The molecule has 1 saturated heterocycles. The van der Waals surface area contributed by atoms with Gasteiger partial charge >= 0.3 is 0 Å². The molecule has 3 atom stereocenters. The van der Waals surface area contributed by atoms with E-state index in [0.717, 1.165) is 16.9 Å². The molecule has 3 aromatic rings. The molecule has 1 aromatic heterocycles. The van der Waals surface area contributed by atoms with Crippen LogP contribution < -0.4 is 15.4 Å². The summed E-state index contributed by atoms with van der Waals surface area (Å²) in [5.74, 6) is -0.197. The van der Waals surface area contributed by atoms with E-state index in [1.54, 1.807) is 6.07 Å². The van der Waals surface area contributed by atoms with E-state index in [0.29, 0.717) is 29.3 Å². The van der Waals surface area contributed by atoms with Crippen LogP contribution in [0.5, 0.6) is 5.75 Å². The van der Waals surface area contributed by atoms with Gasteiger partial charge < -0.3 is 25.4 Å². The number of allylic oxidation sites excluding steroid dienone is 1. The summed E-state index contributed by atoms with van der Waals surface area (Å²) >= 11 is 0. The topological polar surface area (TPSA) is 121 Å². The lowest BCUT2D eigenvalue weighted by atomic mass is 9.99. The molecule has 1 saturated carbocycles. The number of likely N-dealkylation sites (tertiary alicyclic amines) is 1. The van der Waals surface area contributed by atoms with Crippen LogP contribution in [0.3, 0.4) is 0 Å². The Kier molecular flexibility index (Phi) is 9.58. The molecule has 232 valence electrons. The number of aliphatic hydroxyl groups excluding tert-OH is 1. The summed E-state index contributed by atoms with van der Waals surface area (Å²) in [5.41, 5.74) is 2.40. The number of nitrogens with one attached hydrogen (secondary N) is 2. The Labute approximate surface area is 256 Å². The van der Waals surface area contributed by atoms with Crippen molar-refractivity contribution in [1.29, 1.82) is 0 Å². The van der Waals surface area contributed by atoms with Crippen LogP contribution in [0, 0.1) is 17.7 Å². The van der Waals surface area contributed by atoms with Gasteiger partial charge in [0, 0.05) is 18.4 Å². The zero-order valence-electron chi connectivity index (χ0n) is 25.3. The van der Waals surface area contributed by atoms with Gasteiger partial charge in [0.05, 0.1) is 30.8 Å². The van der Waals surface area contributed by atoms with Crippen molar-refractivity contribution >= 4 is 34.7 Å². The summed E-state index contributed by atoms with van der Waals surface area (Å²) in [6.07, 6.45) is 5.87. The number of benzene rings is 2. The molecule has 0 bridgehead atoms. The first-order chi connectivity index (χ1) is 21.1. The van der Waals surface area contributed by atoms with Crippen LogP contribution in [0.15, 0.2) is 54.6 Å². The summed E-state index contributed by atoms with van der Waals surface area (Å²) < 4.78 is 19.4. The zero-order valence-corrected chi connectivity index (χ0v) is 25.3. The smallest absolute Gasteiger partial charge is 0.270 e. The van der Waals surface area contributed by atoms with E-state index in [1.807, 2.05) is 25.1 Å². The second kappa shape index (κ2) is 13.5. The first-order valence-corrected chi connectivity index (χ1v) is 15.1. The number of carbonyl (C=O) groups excluding carboxylic acids is 3. The highest BCUT2D eigenvalue weighted by molar-refractivity contribution is 5.97. The predicted molar refractivity (Wildman–Crippen MR) is 165 cm³/mol. The summed E-state index contributed by atoms with van der Waals surface area (Å²) in [4.78, 5) is 44.9. The first-order valence-electron chi connectivity index (χ1n) is 15.1. The standard InChI is InChI=1S/C34H39FN4O5/c1-20(2)19-44-27-11-8-23(7-6-22-4-5-22)28(16-27)21(3)37-34(43)31-15-26(40)18-39(31)32(41)17-36-33(42)30-12-9-24-14-25(35)10-13-29(24)38-30/h6-14,16,20-22,26,31,40H,4-5,15,17-19H2,1-3H3,(H,36,42)(H,37,43)/b7-6+/t21-,26+,31-/m0/s1. The molecule has 0 spiro atoms. The van der Waals surface area contributed by atoms with Gasteiger partial charge in [0.1, 0.15) is 23.3 Å². The Bertz CT molecular complexity index is 1570. The number of nitrogens with zero attached hydrogens (tertiary/aromatic N) is 2. The molecule has 5 rings (SSSR count). The number of β-amino-alcohol motifs (C(OH)–C–C–N with tert-alkyl or cyclic N) is 1. The van der Waals surface area contributed by atoms with E-state index in [1.165, 1.54) is 42.0 Å². The van der Waals surface area contributed by atoms with Crippen LogP contribution in [-0.2, 0) is 9.59 Å². The third-order valence-electron chi connectivity index (χ3n) is 7.82. The Morgan fingerprint density at radius 3 is 2.66 bits per heavy atom. The van der Waals surface area contributed by atoms with Gasteiger partial charge in [-0.3, -0.25) is 14.4 Å². The van der Waals surface area contributed by atoms with Crippen molar-refractivity contribution in [3.05, 3.63) is 77.2 Å². The van der Waals surface area contributed by atoms with Crippen LogP contribution in [-0.4, -0.2) is 64.6 Å². The van der Waals surface area contributed by atoms with Crippen molar-refractivity contribution in [2.24, 2.45) is 11.8 Å². The number of amides is 3. The highest BCUT2D eigenvalue weighted by Gasteiger charge is 2.39. The zero-order chi connectivity index (χ0) is 31.4. The van der Waals surface area contributed by atoms with E-state index in [9.17, 15) is 23.9 Å². The molecule has 9 nitrogen and oxygen atoms in total. The van der Waals surface area contributed by atoms with E-state index in [-0.39, 0.29) is 31.1 Å². The molecule has 1 aliphatic carbocycles. The summed E-state index contributed by atoms with van der Waals surface area (Å²) in [7, 11) is 0. The third-order valence-corrected chi connectivity index (χ3v) is 7.82. The van der Waals surface area contributed by atoms with Gasteiger partial charge in [0.25, 0.3) is 5.91 Å². The number of carbonyl (C=O) groups is 3. The number of hydrogen-bond acceptors (Lipinski definition) is 6. The normalized spacial score (nSPS) is 19.0. The van der Waals surface area contributed by atoms with Crippen molar-refractivity contribution in [2.75, 3.05) is 19.7 Å². The molecule has 0 radical (unpaired) electrons. The molecule has 2 aromatic carbocycles. The number of ether oxygens (including phenoxy) is 1. The van der Waals surface area contributed by atoms with Crippen molar-refractivity contribution in [1.82, 2.24) is 20.5 Å². The molecule has 3 amide bonds. The van der Waals surface area contributed by atoms with E-state index < -0.39 is 35.8 Å². The van der Waals surface area contributed by atoms with E-state index in [4.69, 9.17) is 4.74 Å². The molecule has 1 aliphatic heterocycles.